The van der Waals surface area contributed by atoms with Crippen molar-refractivity contribution >= 4 is 0 Å². The molecule has 0 bridgehead atoms. The Labute approximate surface area is 172 Å². The number of H-pyrrole nitrogens is 1. The Balaban J connectivity index is 1.96. The topological polar surface area (TPSA) is 106 Å². The van der Waals surface area contributed by atoms with Crippen LogP contribution in [0.15, 0.2) is 46.0 Å². The van der Waals surface area contributed by atoms with E-state index in [2.05, 4.69) is 10.3 Å². The Morgan fingerprint density at radius 1 is 1.10 bits per heavy atom. The Morgan fingerprint density at radius 2 is 1.80 bits per heavy atom. The van der Waals surface area contributed by atoms with Crippen LogP contribution in [0.1, 0.15) is 28.3 Å². The van der Waals surface area contributed by atoms with E-state index >= 15 is 0 Å². The molecule has 1 aromatic heterocycles. The molecule has 0 radical (unpaired) electrons. The predicted molar refractivity (Wildman–Crippen MR) is 112 cm³/mol. The Hall–Kier alpha value is -3.52. The number of methoxy groups -OCH3 is 2. The van der Waals surface area contributed by atoms with Crippen molar-refractivity contribution in [1.82, 2.24) is 14.9 Å². The summed E-state index contributed by atoms with van der Waals surface area (Å²) in [6.45, 7) is 2.42. The average Bonchev–Trinajstić information content (AvgIpc) is 2.73. The van der Waals surface area contributed by atoms with Gasteiger partial charge in [-0.2, -0.15) is 0 Å². The van der Waals surface area contributed by atoms with Gasteiger partial charge in [-0.1, -0.05) is 18.2 Å². The predicted octanol–water partition coefficient (Wildman–Crippen LogP) is 1.79. The summed E-state index contributed by atoms with van der Waals surface area (Å²) in [4.78, 5) is 27.7. The van der Waals surface area contributed by atoms with Crippen LogP contribution in [0.2, 0.25) is 0 Å². The summed E-state index contributed by atoms with van der Waals surface area (Å²) in [7, 11) is 3.11. The van der Waals surface area contributed by atoms with Gasteiger partial charge in [-0.3, -0.25) is 9.78 Å². The summed E-state index contributed by atoms with van der Waals surface area (Å²) in [5, 5.41) is 14.4. The van der Waals surface area contributed by atoms with Gasteiger partial charge in [0.1, 0.15) is 0 Å². The molecule has 8 nitrogen and oxygen atoms in total. The number of nitrogens with zero attached hydrogens (tertiary/aromatic N) is 1. The standard InChI is InChI=1S/C22H23N3O5/c1-12-6-4-5-7-15(12)25-21(27)18(20(26)24-22(25)28)19-14-11-17(30-3)16(29-2)10-13(14)8-9-23-19/h4-7,10-11,19,23,27H,8-9H2,1-3H3,(H,24,26,28)/t19-/m1/s1. The molecule has 1 aliphatic heterocycles. The molecule has 4 rings (SSSR count). The second-order valence-electron chi connectivity index (χ2n) is 7.16. The maximum atomic E-state index is 12.8. The minimum Gasteiger partial charge on any atom is -0.494 e. The first-order valence-corrected chi connectivity index (χ1v) is 9.58. The van der Waals surface area contributed by atoms with Crippen LogP contribution in [0.3, 0.4) is 0 Å². The van der Waals surface area contributed by atoms with Crippen molar-refractivity contribution in [1.29, 1.82) is 0 Å². The molecule has 0 amide bonds. The summed E-state index contributed by atoms with van der Waals surface area (Å²) in [5.74, 6) is 0.728. The highest BCUT2D eigenvalue weighted by atomic mass is 16.5. The number of aromatic hydroxyl groups is 1. The van der Waals surface area contributed by atoms with Crippen molar-refractivity contribution in [3.8, 4) is 23.1 Å². The van der Waals surface area contributed by atoms with Gasteiger partial charge in [-0.05, 0) is 48.2 Å². The van der Waals surface area contributed by atoms with Gasteiger partial charge >= 0.3 is 5.69 Å². The quantitative estimate of drug-likeness (QED) is 0.607. The van der Waals surface area contributed by atoms with E-state index in [-0.39, 0.29) is 5.56 Å². The molecule has 3 aromatic rings. The molecular weight excluding hydrogens is 386 g/mol. The SMILES string of the molecule is COc1cc2c(cc1OC)[C@H](c1c(O)n(-c3ccccc3C)c(=O)[nH]c1=O)NCC2. The first-order chi connectivity index (χ1) is 14.5. The lowest BCUT2D eigenvalue weighted by Gasteiger charge is -2.28. The van der Waals surface area contributed by atoms with E-state index in [4.69, 9.17) is 9.47 Å². The van der Waals surface area contributed by atoms with E-state index in [1.807, 2.05) is 25.1 Å². The number of hydrogen-bond acceptors (Lipinski definition) is 6. The lowest BCUT2D eigenvalue weighted by Crippen LogP contribution is -2.38. The molecule has 0 saturated carbocycles. The number of fused-ring (bicyclic) bond motifs is 1. The van der Waals surface area contributed by atoms with Crippen molar-refractivity contribution in [2.45, 2.75) is 19.4 Å². The van der Waals surface area contributed by atoms with Crippen LogP contribution in [0.4, 0.5) is 0 Å². The summed E-state index contributed by atoms with van der Waals surface area (Å²) in [6, 6.07) is 10.2. The monoisotopic (exact) mass is 409 g/mol. The Bertz CT molecular complexity index is 1230. The minimum atomic E-state index is -0.695. The van der Waals surface area contributed by atoms with Gasteiger partial charge in [0.25, 0.3) is 5.56 Å². The molecule has 1 aliphatic rings. The van der Waals surface area contributed by atoms with Crippen molar-refractivity contribution in [3.63, 3.8) is 0 Å². The normalized spacial score (nSPS) is 15.5. The van der Waals surface area contributed by atoms with Crippen molar-refractivity contribution in [2.24, 2.45) is 0 Å². The molecule has 1 atom stereocenters. The molecule has 0 aliphatic carbocycles. The van der Waals surface area contributed by atoms with Crippen LogP contribution < -0.4 is 26.0 Å². The fourth-order valence-corrected chi connectivity index (χ4v) is 3.98. The molecule has 0 unspecified atom stereocenters. The van der Waals surface area contributed by atoms with E-state index in [0.717, 1.165) is 27.7 Å². The summed E-state index contributed by atoms with van der Waals surface area (Å²) >= 11 is 0. The van der Waals surface area contributed by atoms with Gasteiger partial charge in [0.05, 0.1) is 31.5 Å². The van der Waals surface area contributed by atoms with Crippen LogP contribution in [0.5, 0.6) is 17.4 Å². The van der Waals surface area contributed by atoms with Crippen LogP contribution in [0, 0.1) is 6.92 Å². The van der Waals surface area contributed by atoms with E-state index < -0.39 is 23.2 Å². The first kappa shape index (κ1) is 19.8. The molecule has 2 heterocycles. The molecule has 156 valence electrons. The van der Waals surface area contributed by atoms with Crippen molar-refractivity contribution < 1.29 is 14.6 Å². The number of nitrogens with one attached hydrogen (secondary N) is 2. The van der Waals surface area contributed by atoms with Crippen LogP contribution in [0.25, 0.3) is 5.69 Å². The lowest BCUT2D eigenvalue weighted by atomic mass is 9.90. The van der Waals surface area contributed by atoms with Crippen LogP contribution in [-0.4, -0.2) is 35.4 Å². The number of para-hydroxylation sites is 1. The largest absolute Gasteiger partial charge is 0.494 e. The zero-order valence-electron chi connectivity index (χ0n) is 17.0. The molecule has 0 spiro atoms. The van der Waals surface area contributed by atoms with E-state index in [9.17, 15) is 14.7 Å². The number of aromatic nitrogens is 2. The molecule has 2 aromatic carbocycles. The van der Waals surface area contributed by atoms with E-state index in [1.165, 1.54) is 7.11 Å². The third-order valence-electron chi connectivity index (χ3n) is 5.47. The highest BCUT2D eigenvalue weighted by Crippen LogP contribution is 2.38. The minimum absolute atomic E-state index is 0.0750. The zero-order valence-corrected chi connectivity index (χ0v) is 17.0. The number of benzene rings is 2. The Kier molecular flexibility index (Phi) is 5.09. The highest BCUT2D eigenvalue weighted by Gasteiger charge is 2.30. The lowest BCUT2D eigenvalue weighted by molar-refractivity contribution is 0.352. The second-order valence-corrected chi connectivity index (χ2v) is 7.16. The molecule has 0 fully saturated rings. The number of hydrogen-bond donors (Lipinski definition) is 3. The van der Waals surface area contributed by atoms with Gasteiger partial charge in [0.2, 0.25) is 5.88 Å². The molecule has 0 saturated heterocycles. The number of rotatable bonds is 4. The fourth-order valence-electron chi connectivity index (χ4n) is 3.98. The maximum Gasteiger partial charge on any atom is 0.335 e. The summed E-state index contributed by atoms with van der Waals surface area (Å²) < 4.78 is 11.9. The van der Waals surface area contributed by atoms with Gasteiger partial charge in [-0.25, -0.2) is 9.36 Å². The summed E-state index contributed by atoms with van der Waals surface area (Å²) in [6.07, 6.45) is 0.724. The Morgan fingerprint density at radius 3 is 2.50 bits per heavy atom. The highest BCUT2D eigenvalue weighted by molar-refractivity contribution is 5.53. The molecular formula is C22H23N3O5. The number of ether oxygens (including phenoxy) is 2. The molecule has 8 heteroatoms. The second kappa shape index (κ2) is 7.72. The van der Waals surface area contributed by atoms with Gasteiger partial charge in [0.15, 0.2) is 11.5 Å². The smallest absolute Gasteiger partial charge is 0.335 e. The summed E-state index contributed by atoms with van der Waals surface area (Å²) in [5.41, 5.74) is 1.79. The third-order valence-corrected chi connectivity index (χ3v) is 5.47. The molecule has 30 heavy (non-hydrogen) atoms. The molecule has 3 N–H and O–H groups in total. The van der Waals surface area contributed by atoms with E-state index in [1.54, 1.807) is 25.3 Å². The van der Waals surface area contributed by atoms with Crippen LogP contribution in [-0.2, 0) is 6.42 Å². The first-order valence-electron chi connectivity index (χ1n) is 9.58. The average molecular weight is 409 g/mol. The third kappa shape index (κ3) is 3.15. The van der Waals surface area contributed by atoms with Gasteiger partial charge in [-0.15, -0.1) is 0 Å². The van der Waals surface area contributed by atoms with Gasteiger partial charge < -0.3 is 19.9 Å². The van der Waals surface area contributed by atoms with Crippen LogP contribution >= 0.6 is 0 Å². The van der Waals surface area contributed by atoms with Gasteiger partial charge in [0, 0.05) is 6.54 Å². The fraction of sp³-hybridized carbons (Fsp3) is 0.273. The van der Waals surface area contributed by atoms with Crippen molar-refractivity contribution in [3.05, 3.63) is 79.5 Å². The van der Waals surface area contributed by atoms with E-state index in [0.29, 0.717) is 23.7 Å². The number of aromatic amines is 1. The zero-order chi connectivity index (χ0) is 21.4. The van der Waals surface area contributed by atoms with Crippen molar-refractivity contribution in [2.75, 3.05) is 20.8 Å². The maximum absolute atomic E-state index is 12.8. The number of aryl methyl sites for hydroxylation is 1.